The molecule has 1 aromatic carbocycles. The Labute approximate surface area is 87.4 Å². The third kappa shape index (κ3) is 1.75. The van der Waals surface area contributed by atoms with E-state index in [-0.39, 0.29) is 5.82 Å². The van der Waals surface area contributed by atoms with Gasteiger partial charge in [0.1, 0.15) is 11.5 Å². The van der Waals surface area contributed by atoms with Crippen LogP contribution < -0.4 is 0 Å². The number of hydrogen-bond donors (Lipinski definition) is 0. The first kappa shape index (κ1) is 9.47. The van der Waals surface area contributed by atoms with Gasteiger partial charge in [0.05, 0.1) is 5.69 Å². The van der Waals surface area contributed by atoms with Crippen molar-refractivity contribution in [3.05, 3.63) is 47.5 Å². The van der Waals surface area contributed by atoms with E-state index < -0.39 is 0 Å². The lowest BCUT2D eigenvalue weighted by atomic mass is 10.3. The average Bonchev–Trinajstić information content (AvgIpc) is 2.61. The lowest BCUT2D eigenvalue weighted by Gasteiger charge is -2.02. The summed E-state index contributed by atoms with van der Waals surface area (Å²) < 4.78 is 14.4. The van der Waals surface area contributed by atoms with Crippen LogP contribution >= 0.6 is 0 Å². The summed E-state index contributed by atoms with van der Waals surface area (Å²) in [6, 6.07) is 7.92. The van der Waals surface area contributed by atoms with Crippen molar-refractivity contribution in [1.29, 1.82) is 0 Å². The molecule has 0 saturated heterocycles. The second kappa shape index (κ2) is 3.58. The molecule has 0 aliphatic heterocycles. The first-order chi connectivity index (χ1) is 7.20. The Balaban J connectivity index is 2.50. The standard InChI is InChI=1S/C12H9FN2/c1-3-11-8-9(2)15(14-11)12-6-4-10(13)5-7-12/h1,4-8H,2H3. The molecule has 1 aromatic heterocycles. The second-order valence-electron chi connectivity index (χ2n) is 3.20. The van der Waals surface area contributed by atoms with Gasteiger partial charge >= 0.3 is 0 Å². The van der Waals surface area contributed by atoms with Gasteiger partial charge in [-0.25, -0.2) is 9.07 Å². The topological polar surface area (TPSA) is 17.8 Å². The maximum absolute atomic E-state index is 12.7. The van der Waals surface area contributed by atoms with Gasteiger partial charge in [0.2, 0.25) is 0 Å². The minimum atomic E-state index is -0.263. The third-order valence-corrected chi connectivity index (χ3v) is 2.11. The fourth-order valence-electron chi connectivity index (χ4n) is 1.39. The van der Waals surface area contributed by atoms with E-state index in [4.69, 9.17) is 6.42 Å². The van der Waals surface area contributed by atoms with Gasteiger partial charge in [-0.15, -0.1) is 6.42 Å². The summed E-state index contributed by atoms with van der Waals surface area (Å²) in [6.45, 7) is 1.90. The number of hydrogen-bond acceptors (Lipinski definition) is 1. The van der Waals surface area contributed by atoms with Gasteiger partial charge < -0.3 is 0 Å². The van der Waals surface area contributed by atoms with E-state index in [1.54, 1.807) is 16.8 Å². The van der Waals surface area contributed by atoms with Crippen molar-refractivity contribution >= 4 is 0 Å². The zero-order valence-corrected chi connectivity index (χ0v) is 8.24. The minimum Gasteiger partial charge on any atom is -0.237 e. The summed E-state index contributed by atoms with van der Waals surface area (Å²) in [5.41, 5.74) is 2.31. The molecule has 0 unspecified atom stereocenters. The monoisotopic (exact) mass is 200 g/mol. The first-order valence-electron chi connectivity index (χ1n) is 4.50. The largest absolute Gasteiger partial charge is 0.237 e. The van der Waals surface area contributed by atoms with Crippen LogP contribution in [0.5, 0.6) is 0 Å². The maximum Gasteiger partial charge on any atom is 0.135 e. The van der Waals surface area contributed by atoms with Crippen molar-refractivity contribution in [3.63, 3.8) is 0 Å². The van der Waals surface area contributed by atoms with E-state index in [0.29, 0.717) is 5.69 Å². The smallest absolute Gasteiger partial charge is 0.135 e. The molecule has 2 rings (SSSR count). The Morgan fingerprint density at radius 2 is 2.00 bits per heavy atom. The minimum absolute atomic E-state index is 0.263. The first-order valence-corrected chi connectivity index (χ1v) is 4.50. The quantitative estimate of drug-likeness (QED) is 0.646. The van der Waals surface area contributed by atoms with E-state index in [1.165, 1.54) is 12.1 Å². The average molecular weight is 200 g/mol. The van der Waals surface area contributed by atoms with Crippen LogP contribution in [-0.2, 0) is 0 Å². The molecule has 0 fully saturated rings. The Bertz CT molecular complexity index is 518. The van der Waals surface area contributed by atoms with E-state index in [1.807, 2.05) is 13.0 Å². The van der Waals surface area contributed by atoms with Crippen molar-refractivity contribution in [1.82, 2.24) is 9.78 Å². The van der Waals surface area contributed by atoms with E-state index in [9.17, 15) is 4.39 Å². The highest BCUT2D eigenvalue weighted by molar-refractivity contribution is 5.36. The summed E-state index contributed by atoms with van der Waals surface area (Å²) >= 11 is 0. The molecule has 0 atom stereocenters. The summed E-state index contributed by atoms with van der Waals surface area (Å²) in [6.07, 6.45) is 5.25. The fraction of sp³-hybridized carbons (Fsp3) is 0.0833. The van der Waals surface area contributed by atoms with Crippen molar-refractivity contribution in [2.45, 2.75) is 6.92 Å². The molecule has 1 heterocycles. The lowest BCUT2D eigenvalue weighted by Crippen LogP contribution is -1.98. The van der Waals surface area contributed by atoms with Crippen LogP contribution in [0.15, 0.2) is 30.3 Å². The number of rotatable bonds is 1. The molecule has 2 aromatic rings. The third-order valence-electron chi connectivity index (χ3n) is 2.11. The van der Waals surface area contributed by atoms with Crippen LogP contribution in [-0.4, -0.2) is 9.78 Å². The molecule has 0 saturated carbocycles. The predicted molar refractivity (Wildman–Crippen MR) is 56.2 cm³/mol. The molecule has 3 heteroatoms. The van der Waals surface area contributed by atoms with Gasteiger partial charge in [0.25, 0.3) is 0 Å². The van der Waals surface area contributed by atoms with Crippen LogP contribution in [0, 0.1) is 25.1 Å². The van der Waals surface area contributed by atoms with Crippen molar-refractivity contribution in [2.75, 3.05) is 0 Å². The fourth-order valence-corrected chi connectivity index (χ4v) is 1.39. The van der Waals surface area contributed by atoms with Crippen LogP contribution in [0.4, 0.5) is 4.39 Å². The van der Waals surface area contributed by atoms with Crippen molar-refractivity contribution in [2.24, 2.45) is 0 Å². The van der Waals surface area contributed by atoms with Gasteiger partial charge in [-0.2, -0.15) is 5.10 Å². The van der Waals surface area contributed by atoms with Gasteiger partial charge in [0, 0.05) is 5.69 Å². The lowest BCUT2D eigenvalue weighted by molar-refractivity contribution is 0.627. The van der Waals surface area contributed by atoms with E-state index >= 15 is 0 Å². The van der Waals surface area contributed by atoms with Crippen LogP contribution in [0.2, 0.25) is 0 Å². The molecule has 0 spiro atoms. The number of terminal acetylenes is 1. The molecule has 0 aliphatic carbocycles. The highest BCUT2D eigenvalue weighted by Gasteiger charge is 2.04. The molecule has 0 N–H and O–H groups in total. The van der Waals surface area contributed by atoms with Crippen LogP contribution in [0.1, 0.15) is 11.4 Å². The number of aryl methyl sites for hydroxylation is 1. The number of halogens is 1. The summed E-state index contributed by atoms with van der Waals surface area (Å²) in [7, 11) is 0. The summed E-state index contributed by atoms with van der Waals surface area (Å²) in [5.74, 6) is 2.20. The highest BCUT2D eigenvalue weighted by atomic mass is 19.1. The molecule has 74 valence electrons. The Morgan fingerprint density at radius 1 is 1.33 bits per heavy atom. The Morgan fingerprint density at radius 3 is 2.53 bits per heavy atom. The molecule has 15 heavy (non-hydrogen) atoms. The maximum atomic E-state index is 12.7. The Hall–Kier alpha value is -2.08. The van der Waals surface area contributed by atoms with E-state index in [2.05, 4.69) is 11.0 Å². The zero-order valence-electron chi connectivity index (χ0n) is 8.24. The summed E-state index contributed by atoms with van der Waals surface area (Å²) in [5, 5.41) is 4.19. The van der Waals surface area contributed by atoms with Crippen molar-refractivity contribution in [3.8, 4) is 18.0 Å². The zero-order chi connectivity index (χ0) is 10.8. The molecule has 0 bridgehead atoms. The van der Waals surface area contributed by atoms with Crippen LogP contribution in [0.25, 0.3) is 5.69 Å². The van der Waals surface area contributed by atoms with Gasteiger partial charge in [-0.05, 0) is 43.2 Å². The van der Waals surface area contributed by atoms with Gasteiger partial charge in [-0.1, -0.05) is 0 Å². The predicted octanol–water partition coefficient (Wildman–Crippen LogP) is 2.30. The SMILES string of the molecule is C#Cc1cc(C)n(-c2ccc(F)cc2)n1. The number of aromatic nitrogens is 2. The normalized spacial score (nSPS) is 9.93. The summed E-state index contributed by atoms with van der Waals surface area (Å²) in [4.78, 5) is 0. The van der Waals surface area contributed by atoms with Crippen molar-refractivity contribution < 1.29 is 4.39 Å². The van der Waals surface area contributed by atoms with Crippen LogP contribution in [0.3, 0.4) is 0 Å². The number of nitrogens with zero attached hydrogens (tertiary/aromatic N) is 2. The molecule has 0 amide bonds. The number of benzene rings is 1. The molecule has 0 aliphatic rings. The molecule has 2 nitrogen and oxygen atoms in total. The van der Waals surface area contributed by atoms with Gasteiger partial charge in [0.15, 0.2) is 0 Å². The van der Waals surface area contributed by atoms with Gasteiger partial charge in [-0.3, -0.25) is 0 Å². The second-order valence-corrected chi connectivity index (χ2v) is 3.20. The molecule has 0 radical (unpaired) electrons. The Kier molecular flexibility index (Phi) is 2.26. The van der Waals surface area contributed by atoms with E-state index in [0.717, 1.165) is 11.4 Å². The molecular formula is C12H9FN2. The highest BCUT2D eigenvalue weighted by Crippen LogP contribution is 2.12. The molecular weight excluding hydrogens is 191 g/mol.